The van der Waals surface area contributed by atoms with Crippen molar-refractivity contribution in [1.82, 2.24) is 4.57 Å². The molecule has 2 aromatic rings. The van der Waals surface area contributed by atoms with Crippen LogP contribution in [0.5, 0.6) is 0 Å². The molecule has 4 rings (SSSR count). The van der Waals surface area contributed by atoms with E-state index in [0.29, 0.717) is 5.41 Å². The molecule has 0 aliphatic heterocycles. The van der Waals surface area contributed by atoms with Gasteiger partial charge in [0.1, 0.15) is 0 Å². The van der Waals surface area contributed by atoms with Gasteiger partial charge in [-0.2, -0.15) is 0 Å². The van der Waals surface area contributed by atoms with Crippen molar-refractivity contribution >= 4 is 10.9 Å². The van der Waals surface area contributed by atoms with Gasteiger partial charge in [-0.25, -0.2) is 0 Å². The standard InChI is InChI=1S/C15H18N2/c1-17-9-4-11-10-12(2-3-13(11)17)14(5-6-14)15(16)7-8-15/h2-4,9-10H,5-8,16H2,1H3. The van der Waals surface area contributed by atoms with Crippen molar-refractivity contribution in [2.45, 2.75) is 36.6 Å². The summed E-state index contributed by atoms with van der Waals surface area (Å²) < 4.78 is 2.17. The van der Waals surface area contributed by atoms with E-state index in [1.807, 2.05) is 0 Å². The lowest BCUT2D eigenvalue weighted by Crippen LogP contribution is -2.37. The van der Waals surface area contributed by atoms with Gasteiger partial charge < -0.3 is 10.3 Å². The summed E-state index contributed by atoms with van der Waals surface area (Å²) >= 11 is 0. The highest BCUT2D eigenvalue weighted by Gasteiger charge is 2.63. The number of fused-ring (bicyclic) bond motifs is 1. The van der Waals surface area contributed by atoms with Gasteiger partial charge in [0.05, 0.1) is 0 Å². The molecule has 0 amide bonds. The molecule has 0 atom stereocenters. The third kappa shape index (κ3) is 1.14. The third-order valence-corrected chi connectivity index (χ3v) is 4.93. The third-order valence-electron chi connectivity index (χ3n) is 4.93. The predicted octanol–water partition coefficient (Wildman–Crippen LogP) is 2.70. The Morgan fingerprint density at radius 1 is 1.12 bits per heavy atom. The van der Waals surface area contributed by atoms with Crippen LogP contribution in [0, 0.1) is 0 Å². The van der Waals surface area contributed by atoms with Gasteiger partial charge in [0.15, 0.2) is 0 Å². The van der Waals surface area contributed by atoms with Crippen LogP contribution in [-0.4, -0.2) is 10.1 Å². The topological polar surface area (TPSA) is 30.9 Å². The van der Waals surface area contributed by atoms with Crippen molar-refractivity contribution in [2.75, 3.05) is 0 Å². The summed E-state index contributed by atoms with van der Waals surface area (Å²) in [5.41, 5.74) is 9.68. The molecule has 2 heteroatoms. The summed E-state index contributed by atoms with van der Waals surface area (Å²) in [7, 11) is 2.10. The molecule has 2 N–H and O–H groups in total. The number of hydrogen-bond acceptors (Lipinski definition) is 1. The molecule has 88 valence electrons. The molecule has 2 aliphatic rings. The van der Waals surface area contributed by atoms with E-state index < -0.39 is 0 Å². The van der Waals surface area contributed by atoms with Gasteiger partial charge in [0, 0.05) is 29.7 Å². The maximum absolute atomic E-state index is 6.46. The van der Waals surface area contributed by atoms with Gasteiger partial charge in [0.25, 0.3) is 0 Å². The largest absolute Gasteiger partial charge is 0.351 e. The zero-order chi connectivity index (χ0) is 11.7. The van der Waals surface area contributed by atoms with Gasteiger partial charge in [-0.1, -0.05) is 6.07 Å². The monoisotopic (exact) mass is 226 g/mol. The molecule has 1 heterocycles. The summed E-state index contributed by atoms with van der Waals surface area (Å²) in [5.74, 6) is 0. The molecule has 0 spiro atoms. The van der Waals surface area contributed by atoms with Crippen molar-refractivity contribution < 1.29 is 0 Å². The van der Waals surface area contributed by atoms with Crippen molar-refractivity contribution in [2.24, 2.45) is 12.8 Å². The van der Waals surface area contributed by atoms with Gasteiger partial charge in [-0.3, -0.25) is 0 Å². The Kier molecular flexibility index (Phi) is 1.57. The fraction of sp³-hybridized carbons (Fsp3) is 0.467. The Hall–Kier alpha value is -1.28. The van der Waals surface area contributed by atoms with Gasteiger partial charge >= 0.3 is 0 Å². The van der Waals surface area contributed by atoms with Crippen LogP contribution in [0.2, 0.25) is 0 Å². The Labute approximate surface area is 101 Å². The van der Waals surface area contributed by atoms with E-state index in [-0.39, 0.29) is 5.54 Å². The van der Waals surface area contributed by atoms with Crippen LogP contribution in [0.3, 0.4) is 0 Å². The van der Waals surface area contributed by atoms with E-state index >= 15 is 0 Å². The fourth-order valence-electron chi connectivity index (χ4n) is 3.39. The molecular weight excluding hydrogens is 208 g/mol. The quantitative estimate of drug-likeness (QED) is 0.838. The van der Waals surface area contributed by atoms with Crippen LogP contribution in [0.1, 0.15) is 31.2 Å². The number of nitrogens with two attached hydrogens (primary N) is 1. The first-order valence-corrected chi connectivity index (χ1v) is 6.49. The number of rotatable bonds is 2. The number of benzene rings is 1. The smallest absolute Gasteiger partial charge is 0.0477 e. The number of aryl methyl sites for hydroxylation is 1. The van der Waals surface area contributed by atoms with E-state index in [9.17, 15) is 0 Å². The first-order valence-electron chi connectivity index (χ1n) is 6.49. The summed E-state index contributed by atoms with van der Waals surface area (Å²) in [5, 5.41) is 1.35. The summed E-state index contributed by atoms with van der Waals surface area (Å²) in [6.07, 6.45) is 7.10. The molecule has 1 aromatic heterocycles. The number of aromatic nitrogens is 1. The Bertz CT molecular complexity index is 600. The van der Waals surface area contributed by atoms with Gasteiger partial charge in [-0.05, 0) is 54.8 Å². The fourth-order valence-corrected chi connectivity index (χ4v) is 3.39. The minimum absolute atomic E-state index is 0.120. The highest BCUT2D eigenvalue weighted by Crippen LogP contribution is 2.63. The summed E-state index contributed by atoms with van der Waals surface area (Å²) in [6.45, 7) is 0. The molecule has 2 fully saturated rings. The normalized spacial score (nSPS) is 23.9. The van der Waals surface area contributed by atoms with E-state index in [2.05, 4.69) is 42.1 Å². The maximum Gasteiger partial charge on any atom is 0.0477 e. The van der Waals surface area contributed by atoms with Gasteiger partial charge in [0.2, 0.25) is 0 Å². The molecule has 0 saturated heterocycles. The van der Waals surface area contributed by atoms with Gasteiger partial charge in [-0.15, -0.1) is 0 Å². The first kappa shape index (κ1) is 9.72. The minimum Gasteiger partial charge on any atom is -0.351 e. The zero-order valence-electron chi connectivity index (χ0n) is 10.2. The number of nitrogens with zero attached hydrogens (tertiary/aromatic N) is 1. The summed E-state index contributed by atoms with van der Waals surface area (Å²) in [6, 6.07) is 9.10. The average Bonchev–Trinajstić information content (AvgIpc) is 3.22. The molecular formula is C15H18N2. The highest BCUT2D eigenvalue weighted by molar-refractivity contribution is 5.81. The van der Waals surface area contributed by atoms with Crippen molar-refractivity contribution in [3.8, 4) is 0 Å². The molecule has 0 unspecified atom stereocenters. The van der Waals surface area contributed by atoms with Crippen molar-refractivity contribution in [1.29, 1.82) is 0 Å². The molecule has 17 heavy (non-hydrogen) atoms. The SMILES string of the molecule is Cn1ccc2cc(C3(C4(N)CC4)CC3)ccc21. The second-order valence-electron chi connectivity index (χ2n) is 5.94. The van der Waals surface area contributed by atoms with Crippen LogP contribution < -0.4 is 5.73 Å². The zero-order valence-corrected chi connectivity index (χ0v) is 10.2. The molecule has 2 nitrogen and oxygen atoms in total. The number of hydrogen-bond donors (Lipinski definition) is 1. The van der Waals surface area contributed by atoms with Crippen LogP contribution in [-0.2, 0) is 12.5 Å². The molecule has 0 radical (unpaired) electrons. The van der Waals surface area contributed by atoms with Crippen LogP contribution in [0.25, 0.3) is 10.9 Å². The Morgan fingerprint density at radius 3 is 2.53 bits per heavy atom. The van der Waals surface area contributed by atoms with Crippen molar-refractivity contribution in [3.63, 3.8) is 0 Å². The molecule has 0 bridgehead atoms. The van der Waals surface area contributed by atoms with E-state index in [4.69, 9.17) is 5.73 Å². The first-order chi connectivity index (χ1) is 8.15. The van der Waals surface area contributed by atoms with Crippen LogP contribution in [0.15, 0.2) is 30.5 Å². The predicted molar refractivity (Wildman–Crippen MR) is 70.0 cm³/mol. The second kappa shape index (κ2) is 2.75. The average molecular weight is 226 g/mol. The highest BCUT2D eigenvalue weighted by atomic mass is 14.9. The lowest BCUT2D eigenvalue weighted by Gasteiger charge is -2.23. The van der Waals surface area contributed by atoms with E-state index in [0.717, 1.165) is 0 Å². The Balaban J connectivity index is 1.87. The van der Waals surface area contributed by atoms with Crippen LogP contribution in [0.4, 0.5) is 0 Å². The lowest BCUT2D eigenvalue weighted by atomic mass is 9.86. The molecule has 2 aliphatic carbocycles. The minimum atomic E-state index is 0.120. The van der Waals surface area contributed by atoms with Crippen LogP contribution >= 0.6 is 0 Å². The summed E-state index contributed by atoms with van der Waals surface area (Å²) in [4.78, 5) is 0. The molecule has 1 aromatic carbocycles. The molecule has 2 saturated carbocycles. The lowest BCUT2D eigenvalue weighted by molar-refractivity contribution is 0.504. The second-order valence-corrected chi connectivity index (χ2v) is 5.94. The Morgan fingerprint density at radius 2 is 1.88 bits per heavy atom. The van der Waals surface area contributed by atoms with Crippen molar-refractivity contribution in [3.05, 3.63) is 36.0 Å². The maximum atomic E-state index is 6.46. The van der Waals surface area contributed by atoms with E-state index in [1.54, 1.807) is 0 Å². The van der Waals surface area contributed by atoms with E-state index in [1.165, 1.54) is 42.1 Å².